The van der Waals surface area contributed by atoms with E-state index in [1.54, 1.807) is 24.3 Å². The van der Waals surface area contributed by atoms with Gasteiger partial charge < -0.3 is 14.2 Å². The number of oxazole rings is 2. The summed E-state index contributed by atoms with van der Waals surface area (Å²) in [6, 6.07) is 23.5. The van der Waals surface area contributed by atoms with E-state index >= 15 is 0 Å². The highest BCUT2D eigenvalue weighted by atomic mass is 19.1. The number of rotatable bonds is 6. The maximum absolute atomic E-state index is 13.2. The van der Waals surface area contributed by atoms with Gasteiger partial charge in [-0.3, -0.25) is 20.2 Å². The molecular formula is C32H26FN5O6. The molecule has 0 spiro atoms. The first kappa shape index (κ1) is 28.5. The Balaban J connectivity index is 0.000000162. The van der Waals surface area contributed by atoms with Crippen molar-refractivity contribution < 1.29 is 23.1 Å². The summed E-state index contributed by atoms with van der Waals surface area (Å²) in [5.74, 6) is -0.261. The number of nitrogens with one attached hydrogen (secondary N) is 1. The predicted octanol–water partition coefficient (Wildman–Crippen LogP) is 8.69. The first-order chi connectivity index (χ1) is 21.4. The van der Waals surface area contributed by atoms with E-state index in [1.807, 2.05) is 36.4 Å². The molecule has 1 fully saturated rings. The number of aromatic nitrogens is 2. The van der Waals surface area contributed by atoms with Crippen LogP contribution in [0.5, 0.6) is 0 Å². The fourth-order valence-corrected chi connectivity index (χ4v) is 5.18. The molecule has 1 saturated carbocycles. The number of hydrogen-bond donors (Lipinski definition) is 1. The number of nitro groups is 2. The van der Waals surface area contributed by atoms with Crippen LogP contribution in [0.1, 0.15) is 32.1 Å². The normalized spacial score (nSPS) is 13.4. The second-order valence-corrected chi connectivity index (χ2v) is 10.4. The molecule has 0 aliphatic heterocycles. The van der Waals surface area contributed by atoms with E-state index in [1.165, 1.54) is 31.4 Å². The van der Waals surface area contributed by atoms with E-state index in [9.17, 15) is 24.6 Å². The number of hydrogen-bond acceptors (Lipinski definition) is 9. The summed E-state index contributed by atoms with van der Waals surface area (Å²) in [4.78, 5) is 29.7. The molecule has 2 aromatic heterocycles. The van der Waals surface area contributed by atoms with Crippen molar-refractivity contribution in [2.45, 2.75) is 38.1 Å². The first-order valence-corrected chi connectivity index (χ1v) is 14.1. The van der Waals surface area contributed by atoms with Crippen LogP contribution in [0, 0.1) is 26.0 Å². The quantitative estimate of drug-likeness (QED) is 0.147. The Labute approximate surface area is 249 Å². The smallest absolute Gasteiger partial charge is 0.305 e. The number of halogens is 1. The van der Waals surface area contributed by atoms with Gasteiger partial charge in [-0.05, 0) is 61.4 Å². The van der Waals surface area contributed by atoms with Crippen LogP contribution < -0.4 is 5.32 Å². The highest BCUT2D eigenvalue weighted by molar-refractivity contribution is 5.78. The zero-order chi connectivity index (χ0) is 30.6. The average Bonchev–Trinajstić information content (AvgIpc) is 3.67. The third-order valence-electron chi connectivity index (χ3n) is 7.38. The van der Waals surface area contributed by atoms with Crippen LogP contribution in [0.3, 0.4) is 0 Å². The van der Waals surface area contributed by atoms with Crippen molar-refractivity contribution in [3.8, 4) is 22.9 Å². The second kappa shape index (κ2) is 12.3. The fraction of sp³-hybridized carbons (Fsp3) is 0.188. The number of anilines is 1. The third-order valence-corrected chi connectivity index (χ3v) is 7.38. The van der Waals surface area contributed by atoms with Crippen molar-refractivity contribution in [1.29, 1.82) is 0 Å². The van der Waals surface area contributed by atoms with Crippen LogP contribution in [0.2, 0.25) is 0 Å². The van der Waals surface area contributed by atoms with Gasteiger partial charge in [-0.25, -0.2) is 9.97 Å². The molecule has 11 nitrogen and oxygen atoms in total. The molecule has 222 valence electrons. The lowest BCUT2D eigenvalue weighted by atomic mass is 9.95. The zero-order valence-corrected chi connectivity index (χ0v) is 23.3. The van der Waals surface area contributed by atoms with E-state index < -0.39 is 16.4 Å². The molecular weight excluding hydrogens is 569 g/mol. The van der Waals surface area contributed by atoms with E-state index in [0.717, 1.165) is 30.5 Å². The summed E-state index contributed by atoms with van der Waals surface area (Å²) in [5, 5.41) is 25.6. The third kappa shape index (κ3) is 6.09. The molecule has 2 heterocycles. The van der Waals surface area contributed by atoms with E-state index in [2.05, 4.69) is 15.3 Å². The molecule has 0 bridgehead atoms. The minimum Gasteiger partial charge on any atom is -0.436 e. The van der Waals surface area contributed by atoms with Crippen molar-refractivity contribution in [3.63, 3.8) is 0 Å². The topological polar surface area (TPSA) is 150 Å². The Hall–Kier alpha value is -5.65. The van der Waals surface area contributed by atoms with Gasteiger partial charge in [0.2, 0.25) is 17.6 Å². The Morgan fingerprint density at radius 3 is 1.77 bits per heavy atom. The fourth-order valence-electron chi connectivity index (χ4n) is 5.18. The van der Waals surface area contributed by atoms with Crippen LogP contribution >= 0.6 is 0 Å². The van der Waals surface area contributed by atoms with Crippen molar-refractivity contribution in [3.05, 3.63) is 111 Å². The van der Waals surface area contributed by atoms with Crippen LogP contribution in [-0.2, 0) is 0 Å². The summed E-state index contributed by atoms with van der Waals surface area (Å²) in [5.41, 5.74) is 3.63. The van der Waals surface area contributed by atoms with Crippen LogP contribution in [0.15, 0.2) is 93.8 Å². The number of nitro benzene ring substituents is 2. The average molecular weight is 596 g/mol. The van der Waals surface area contributed by atoms with Gasteiger partial charge in [0, 0.05) is 29.3 Å². The van der Waals surface area contributed by atoms with E-state index in [4.69, 9.17) is 8.83 Å². The number of para-hydroxylation sites is 4. The summed E-state index contributed by atoms with van der Waals surface area (Å²) in [7, 11) is 0. The highest BCUT2D eigenvalue weighted by Crippen LogP contribution is 2.34. The monoisotopic (exact) mass is 595 g/mol. The standard InChI is InChI=1S/C19H19N3O3.C13H7FN2O3/c23-22(24)17-12-13(19-21-16-8-4-5-9-18(16)25-19)10-11-15(17)20-14-6-2-1-3-7-14;14-9-6-5-8(7-11(9)16(17)18)13-15-10-3-1-2-4-12(10)19-13/h4-5,8-12,14,20H,1-3,6-7H2;1-7H. The minimum atomic E-state index is -0.884. The molecule has 0 atom stereocenters. The van der Waals surface area contributed by atoms with Crippen molar-refractivity contribution >= 4 is 39.3 Å². The highest BCUT2D eigenvalue weighted by Gasteiger charge is 2.21. The van der Waals surface area contributed by atoms with E-state index in [-0.39, 0.29) is 16.5 Å². The molecule has 7 rings (SSSR count). The zero-order valence-electron chi connectivity index (χ0n) is 23.3. The van der Waals surface area contributed by atoms with Crippen LogP contribution in [0.4, 0.5) is 21.5 Å². The van der Waals surface area contributed by atoms with Crippen LogP contribution in [0.25, 0.3) is 45.1 Å². The lowest BCUT2D eigenvalue weighted by Gasteiger charge is -2.23. The Morgan fingerprint density at radius 2 is 1.23 bits per heavy atom. The summed E-state index contributed by atoms with van der Waals surface area (Å²) < 4.78 is 24.4. The SMILES string of the molecule is O=[N+]([O-])c1cc(-c2nc3ccccc3o2)ccc1F.O=[N+]([O-])c1cc(-c2nc3ccccc3o2)ccc1NC1CCCCC1. The molecule has 0 amide bonds. The van der Waals surface area contributed by atoms with Gasteiger partial charge in [-0.2, -0.15) is 4.39 Å². The van der Waals surface area contributed by atoms with Gasteiger partial charge in [0.15, 0.2) is 11.2 Å². The Bertz CT molecular complexity index is 1920. The molecule has 4 aromatic carbocycles. The van der Waals surface area contributed by atoms with Crippen molar-refractivity contribution in [2.24, 2.45) is 0 Å². The van der Waals surface area contributed by atoms with E-state index in [0.29, 0.717) is 45.4 Å². The maximum atomic E-state index is 13.2. The largest absolute Gasteiger partial charge is 0.436 e. The van der Waals surface area contributed by atoms with Gasteiger partial charge in [-0.15, -0.1) is 0 Å². The molecule has 6 aromatic rings. The summed E-state index contributed by atoms with van der Waals surface area (Å²) >= 11 is 0. The van der Waals surface area contributed by atoms with Crippen molar-refractivity contribution in [2.75, 3.05) is 5.32 Å². The number of fused-ring (bicyclic) bond motifs is 2. The first-order valence-electron chi connectivity index (χ1n) is 14.1. The molecule has 0 radical (unpaired) electrons. The Kier molecular flexibility index (Phi) is 7.96. The molecule has 12 heteroatoms. The van der Waals surface area contributed by atoms with Crippen molar-refractivity contribution in [1.82, 2.24) is 9.97 Å². The second-order valence-electron chi connectivity index (χ2n) is 10.4. The maximum Gasteiger partial charge on any atom is 0.305 e. The molecule has 1 N–H and O–H groups in total. The molecule has 0 unspecified atom stereocenters. The molecule has 1 aliphatic carbocycles. The van der Waals surface area contributed by atoms with Gasteiger partial charge in [0.05, 0.1) is 9.85 Å². The minimum absolute atomic E-state index is 0.0605. The Morgan fingerprint density at radius 1 is 0.705 bits per heavy atom. The lowest BCUT2D eigenvalue weighted by Crippen LogP contribution is -2.22. The molecule has 0 saturated heterocycles. The molecule has 1 aliphatic rings. The van der Waals surface area contributed by atoms with Crippen LogP contribution in [-0.4, -0.2) is 25.9 Å². The summed E-state index contributed by atoms with van der Waals surface area (Å²) in [6.45, 7) is 0. The molecule has 44 heavy (non-hydrogen) atoms. The lowest BCUT2D eigenvalue weighted by molar-refractivity contribution is -0.387. The number of benzene rings is 4. The van der Waals surface area contributed by atoms with Gasteiger partial charge in [-0.1, -0.05) is 43.5 Å². The predicted molar refractivity (Wildman–Crippen MR) is 163 cm³/mol. The number of nitrogens with zero attached hydrogens (tertiary/aromatic N) is 4. The van der Waals surface area contributed by atoms with Gasteiger partial charge in [0.1, 0.15) is 16.7 Å². The summed E-state index contributed by atoms with van der Waals surface area (Å²) in [6.07, 6.45) is 5.71. The van der Waals surface area contributed by atoms with Gasteiger partial charge >= 0.3 is 5.69 Å². The van der Waals surface area contributed by atoms with Gasteiger partial charge in [0.25, 0.3) is 5.69 Å².